The van der Waals surface area contributed by atoms with Gasteiger partial charge in [-0.1, -0.05) is 60.2 Å². The lowest BCUT2D eigenvalue weighted by Crippen LogP contribution is -2.40. The van der Waals surface area contributed by atoms with E-state index in [0.29, 0.717) is 48.6 Å². The molecule has 0 aromatic heterocycles. The molecular formula is C27H26N2O4. The number of ether oxygens (including phenoxy) is 1. The van der Waals surface area contributed by atoms with Crippen LogP contribution in [0, 0.1) is 6.92 Å². The van der Waals surface area contributed by atoms with E-state index in [1.165, 1.54) is 0 Å². The largest absolute Gasteiger partial charge is 0.378 e. The standard InChI is InChI=1S/C27H26N2O4/c1-19-6-10-21(11-7-19)25(30)23-4-2-3-5-24(23)26(31)28-18-20-8-12-22(13-9-20)27(32)29-14-16-33-17-15-29/h2-13H,14-18H2,1H3,(H,28,31). The lowest BCUT2D eigenvalue weighted by Gasteiger charge is -2.26. The molecule has 6 nitrogen and oxygen atoms in total. The lowest BCUT2D eigenvalue weighted by atomic mass is 9.97. The van der Waals surface area contributed by atoms with E-state index in [1.807, 2.05) is 31.2 Å². The van der Waals surface area contributed by atoms with Gasteiger partial charge in [0.1, 0.15) is 0 Å². The van der Waals surface area contributed by atoms with E-state index in [9.17, 15) is 14.4 Å². The SMILES string of the molecule is Cc1ccc(C(=O)c2ccccc2C(=O)NCc2ccc(C(=O)N3CCOCC3)cc2)cc1. The Kier molecular flexibility index (Phi) is 6.95. The van der Waals surface area contributed by atoms with Crippen LogP contribution in [0.4, 0.5) is 0 Å². The first kappa shape index (κ1) is 22.4. The van der Waals surface area contributed by atoms with Crippen molar-refractivity contribution >= 4 is 17.6 Å². The molecule has 1 N–H and O–H groups in total. The number of nitrogens with one attached hydrogen (secondary N) is 1. The van der Waals surface area contributed by atoms with Crippen molar-refractivity contribution in [2.45, 2.75) is 13.5 Å². The van der Waals surface area contributed by atoms with Gasteiger partial charge in [-0.05, 0) is 30.7 Å². The van der Waals surface area contributed by atoms with E-state index in [2.05, 4.69) is 5.32 Å². The van der Waals surface area contributed by atoms with Crippen molar-refractivity contribution in [3.8, 4) is 0 Å². The average Bonchev–Trinajstić information content (AvgIpc) is 2.87. The number of nitrogens with zero attached hydrogens (tertiary/aromatic N) is 1. The maximum absolute atomic E-state index is 13.0. The van der Waals surface area contributed by atoms with Gasteiger partial charge < -0.3 is 15.0 Å². The van der Waals surface area contributed by atoms with Crippen LogP contribution in [0.2, 0.25) is 0 Å². The van der Waals surface area contributed by atoms with Gasteiger partial charge in [0.15, 0.2) is 5.78 Å². The third-order valence-corrected chi connectivity index (χ3v) is 5.68. The highest BCUT2D eigenvalue weighted by Crippen LogP contribution is 2.16. The van der Waals surface area contributed by atoms with E-state index in [1.54, 1.807) is 53.4 Å². The first-order valence-corrected chi connectivity index (χ1v) is 11.0. The summed E-state index contributed by atoms with van der Waals surface area (Å²) in [7, 11) is 0. The van der Waals surface area contributed by atoms with Crippen LogP contribution in [0.3, 0.4) is 0 Å². The first-order chi connectivity index (χ1) is 16.0. The van der Waals surface area contributed by atoms with Gasteiger partial charge in [0.25, 0.3) is 11.8 Å². The van der Waals surface area contributed by atoms with Crippen LogP contribution in [0.1, 0.15) is 47.8 Å². The van der Waals surface area contributed by atoms with Crippen LogP contribution in [-0.2, 0) is 11.3 Å². The Morgan fingerprint density at radius 1 is 0.818 bits per heavy atom. The summed E-state index contributed by atoms with van der Waals surface area (Å²) >= 11 is 0. The molecule has 33 heavy (non-hydrogen) atoms. The molecule has 6 heteroatoms. The normalized spacial score (nSPS) is 13.4. The highest BCUT2D eigenvalue weighted by Gasteiger charge is 2.19. The Balaban J connectivity index is 1.41. The topological polar surface area (TPSA) is 75.7 Å². The number of hydrogen-bond acceptors (Lipinski definition) is 4. The minimum Gasteiger partial charge on any atom is -0.378 e. The fourth-order valence-corrected chi connectivity index (χ4v) is 3.73. The maximum Gasteiger partial charge on any atom is 0.254 e. The fraction of sp³-hybridized carbons (Fsp3) is 0.222. The summed E-state index contributed by atoms with van der Waals surface area (Å²) in [6.07, 6.45) is 0. The van der Waals surface area contributed by atoms with Crippen LogP contribution >= 0.6 is 0 Å². The number of carbonyl (C=O) groups is 3. The molecule has 1 fully saturated rings. The second-order valence-corrected chi connectivity index (χ2v) is 8.02. The van der Waals surface area contributed by atoms with E-state index < -0.39 is 0 Å². The molecule has 1 aliphatic rings. The molecule has 1 saturated heterocycles. The van der Waals surface area contributed by atoms with Crippen molar-refractivity contribution in [1.29, 1.82) is 0 Å². The van der Waals surface area contributed by atoms with E-state index in [-0.39, 0.29) is 24.1 Å². The molecule has 2 amide bonds. The summed E-state index contributed by atoms with van der Waals surface area (Å²) in [4.78, 5) is 40.2. The molecule has 3 aromatic carbocycles. The molecular weight excluding hydrogens is 416 g/mol. The van der Waals surface area contributed by atoms with Crippen molar-refractivity contribution < 1.29 is 19.1 Å². The minimum absolute atomic E-state index is 0.0163. The quantitative estimate of drug-likeness (QED) is 0.592. The molecule has 0 unspecified atom stereocenters. The van der Waals surface area contributed by atoms with Crippen molar-refractivity contribution in [3.63, 3.8) is 0 Å². The summed E-state index contributed by atoms with van der Waals surface area (Å²) < 4.78 is 5.29. The predicted octanol–water partition coefficient (Wildman–Crippen LogP) is 3.63. The number of rotatable bonds is 6. The summed E-state index contributed by atoms with van der Waals surface area (Å²) in [5.74, 6) is -0.524. The fourth-order valence-electron chi connectivity index (χ4n) is 3.73. The number of benzene rings is 3. The summed E-state index contributed by atoms with van der Waals surface area (Å²) in [5, 5.41) is 2.88. The predicted molar refractivity (Wildman–Crippen MR) is 125 cm³/mol. The number of aryl methyl sites for hydroxylation is 1. The van der Waals surface area contributed by atoms with E-state index >= 15 is 0 Å². The van der Waals surface area contributed by atoms with Crippen LogP contribution in [-0.4, -0.2) is 48.8 Å². The molecule has 1 aliphatic heterocycles. The lowest BCUT2D eigenvalue weighted by molar-refractivity contribution is 0.0303. The van der Waals surface area contributed by atoms with Crippen LogP contribution in [0.25, 0.3) is 0 Å². The van der Waals surface area contributed by atoms with Gasteiger partial charge in [-0.2, -0.15) is 0 Å². The molecule has 3 aromatic rings. The van der Waals surface area contributed by atoms with Crippen LogP contribution in [0.5, 0.6) is 0 Å². The van der Waals surface area contributed by atoms with E-state index in [4.69, 9.17) is 4.74 Å². The zero-order valence-corrected chi connectivity index (χ0v) is 18.5. The van der Waals surface area contributed by atoms with Crippen LogP contribution < -0.4 is 5.32 Å². The second kappa shape index (κ2) is 10.2. The third-order valence-electron chi connectivity index (χ3n) is 5.68. The van der Waals surface area contributed by atoms with Gasteiger partial charge in [0.2, 0.25) is 0 Å². The molecule has 0 atom stereocenters. The summed E-state index contributed by atoms with van der Waals surface area (Å²) in [6.45, 7) is 4.56. The number of hydrogen-bond donors (Lipinski definition) is 1. The van der Waals surface area contributed by atoms with Gasteiger partial charge in [0.05, 0.1) is 18.8 Å². The molecule has 0 aliphatic carbocycles. The molecule has 168 valence electrons. The summed E-state index contributed by atoms with van der Waals surface area (Å²) in [6, 6.07) is 21.3. The zero-order valence-electron chi connectivity index (χ0n) is 18.5. The molecule has 0 spiro atoms. The number of carbonyl (C=O) groups excluding carboxylic acids is 3. The van der Waals surface area contributed by atoms with Crippen molar-refractivity contribution in [2.75, 3.05) is 26.3 Å². The smallest absolute Gasteiger partial charge is 0.254 e. The highest BCUT2D eigenvalue weighted by atomic mass is 16.5. The molecule has 0 bridgehead atoms. The van der Waals surface area contributed by atoms with E-state index in [0.717, 1.165) is 11.1 Å². The molecule has 0 saturated carbocycles. The Bertz CT molecular complexity index is 1150. The molecule has 1 heterocycles. The van der Waals surface area contributed by atoms with Gasteiger partial charge in [-0.25, -0.2) is 0 Å². The Hall–Kier alpha value is -3.77. The minimum atomic E-state index is -0.320. The first-order valence-electron chi connectivity index (χ1n) is 11.0. The average molecular weight is 443 g/mol. The van der Waals surface area contributed by atoms with Gasteiger partial charge in [-0.3, -0.25) is 14.4 Å². The summed E-state index contributed by atoms with van der Waals surface area (Å²) in [5.41, 5.74) is 3.79. The monoisotopic (exact) mass is 442 g/mol. The number of ketones is 1. The highest BCUT2D eigenvalue weighted by molar-refractivity contribution is 6.15. The van der Waals surface area contributed by atoms with Gasteiger partial charge >= 0.3 is 0 Å². The Morgan fingerprint density at radius 2 is 1.42 bits per heavy atom. The van der Waals surface area contributed by atoms with Crippen LogP contribution in [0.15, 0.2) is 72.8 Å². The Morgan fingerprint density at radius 3 is 2.09 bits per heavy atom. The second-order valence-electron chi connectivity index (χ2n) is 8.02. The van der Waals surface area contributed by atoms with Crippen molar-refractivity contribution in [3.05, 3.63) is 106 Å². The van der Waals surface area contributed by atoms with Crippen molar-refractivity contribution in [2.24, 2.45) is 0 Å². The number of amides is 2. The van der Waals surface area contributed by atoms with Gasteiger partial charge in [-0.15, -0.1) is 0 Å². The maximum atomic E-state index is 13.0. The number of morpholine rings is 1. The van der Waals surface area contributed by atoms with Crippen molar-refractivity contribution in [1.82, 2.24) is 10.2 Å². The molecule has 4 rings (SSSR count). The third kappa shape index (κ3) is 5.35. The molecule has 0 radical (unpaired) electrons. The zero-order chi connectivity index (χ0) is 23.2. The van der Waals surface area contributed by atoms with Gasteiger partial charge in [0, 0.05) is 36.3 Å². The Labute approximate surface area is 193 Å².